The first-order chi connectivity index (χ1) is 9.92. The van der Waals surface area contributed by atoms with Gasteiger partial charge in [-0.3, -0.25) is 4.79 Å². The van der Waals surface area contributed by atoms with E-state index in [2.05, 4.69) is 5.32 Å². The number of thioether (sulfide) groups is 1. The number of benzene rings is 1. The van der Waals surface area contributed by atoms with Crippen LogP contribution >= 0.6 is 35.0 Å². The predicted octanol–water partition coefficient (Wildman–Crippen LogP) is 4.41. The van der Waals surface area contributed by atoms with Gasteiger partial charge in [0.1, 0.15) is 5.54 Å². The van der Waals surface area contributed by atoms with Gasteiger partial charge in [-0.2, -0.15) is 0 Å². The smallest absolute Gasteiger partial charge is 0.326 e. The Morgan fingerprint density at radius 2 is 2.10 bits per heavy atom. The third kappa shape index (κ3) is 5.70. The van der Waals surface area contributed by atoms with Crippen molar-refractivity contribution in [2.24, 2.45) is 0 Å². The average molecular weight is 350 g/mol. The second-order valence-corrected chi connectivity index (χ2v) is 6.74. The average Bonchev–Trinajstić information content (AvgIpc) is 2.43. The van der Waals surface area contributed by atoms with Gasteiger partial charge >= 0.3 is 5.97 Å². The van der Waals surface area contributed by atoms with E-state index in [0.717, 1.165) is 10.6 Å². The SMILES string of the molecule is CCNC(C)(CCSc1cc(Cl)ccc1Cl)C(=O)OCC. The molecule has 1 aromatic carbocycles. The van der Waals surface area contributed by atoms with E-state index < -0.39 is 5.54 Å². The first-order valence-electron chi connectivity index (χ1n) is 6.93. The van der Waals surface area contributed by atoms with E-state index in [1.807, 2.05) is 26.8 Å². The van der Waals surface area contributed by atoms with Crippen molar-refractivity contribution in [2.75, 3.05) is 18.9 Å². The molecule has 0 heterocycles. The van der Waals surface area contributed by atoms with Crippen LogP contribution in [-0.2, 0) is 9.53 Å². The molecule has 0 bridgehead atoms. The van der Waals surface area contributed by atoms with Gasteiger partial charge in [-0.1, -0.05) is 30.1 Å². The minimum atomic E-state index is -0.678. The summed E-state index contributed by atoms with van der Waals surface area (Å²) in [6.45, 7) is 6.74. The molecule has 0 fully saturated rings. The fraction of sp³-hybridized carbons (Fsp3) is 0.533. The summed E-state index contributed by atoms with van der Waals surface area (Å²) in [6.07, 6.45) is 0.646. The summed E-state index contributed by atoms with van der Waals surface area (Å²) in [5.74, 6) is 0.521. The van der Waals surface area contributed by atoms with Crippen LogP contribution in [0.5, 0.6) is 0 Å². The van der Waals surface area contributed by atoms with Crippen LogP contribution in [0.4, 0.5) is 0 Å². The first kappa shape index (κ1) is 18.6. The highest BCUT2D eigenvalue weighted by atomic mass is 35.5. The van der Waals surface area contributed by atoms with E-state index in [-0.39, 0.29) is 5.97 Å². The van der Waals surface area contributed by atoms with E-state index in [1.54, 1.807) is 23.9 Å². The highest BCUT2D eigenvalue weighted by Gasteiger charge is 2.33. The number of likely N-dealkylation sites (N-methyl/N-ethyl adjacent to an activating group) is 1. The summed E-state index contributed by atoms with van der Waals surface area (Å²) in [5, 5.41) is 4.54. The Morgan fingerprint density at radius 3 is 2.71 bits per heavy atom. The molecule has 3 nitrogen and oxygen atoms in total. The third-order valence-electron chi connectivity index (χ3n) is 3.05. The summed E-state index contributed by atoms with van der Waals surface area (Å²) in [7, 11) is 0. The molecule has 118 valence electrons. The van der Waals surface area contributed by atoms with E-state index >= 15 is 0 Å². The van der Waals surface area contributed by atoms with Crippen LogP contribution in [0.3, 0.4) is 0 Å². The first-order valence-corrected chi connectivity index (χ1v) is 8.67. The molecule has 1 unspecified atom stereocenters. The second kappa shape index (κ2) is 8.89. The van der Waals surface area contributed by atoms with Crippen LogP contribution in [0.15, 0.2) is 23.1 Å². The number of nitrogens with one attached hydrogen (secondary N) is 1. The lowest BCUT2D eigenvalue weighted by atomic mass is 9.99. The molecular weight excluding hydrogens is 329 g/mol. The fourth-order valence-electron chi connectivity index (χ4n) is 1.90. The van der Waals surface area contributed by atoms with Gasteiger partial charge in [0, 0.05) is 15.7 Å². The summed E-state index contributed by atoms with van der Waals surface area (Å²) in [4.78, 5) is 13.0. The number of carbonyl (C=O) groups is 1. The molecule has 0 aliphatic heterocycles. The monoisotopic (exact) mass is 349 g/mol. The summed E-state index contributed by atoms with van der Waals surface area (Å²) in [5.41, 5.74) is -0.678. The molecule has 1 aromatic rings. The molecule has 0 spiro atoms. The Bertz CT molecular complexity index is 485. The molecular formula is C15H21Cl2NO2S. The normalized spacial score (nSPS) is 13.8. The minimum Gasteiger partial charge on any atom is -0.465 e. The Labute approximate surface area is 140 Å². The lowest BCUT2D eigenvalue weighted by Gasteiger charge is -2.28. The molecule has 0 saturated heterocycles. The van der Waals surface area contributed by atoms with Gasteiger partial charge in [0.15, 0.2) is 0 Å². The van der Waals surface area contributed by atoms with Crippen molar-refractivity contribution in [2.45, 2.75) is 37.6 Å². The van der Waals surface area contributed by atoms with Crippen LogP contribution in [-0.4, -0.2) is 30.4 Å². The lowest BCUT2D eigenvalue weighted by Crippen LogP contribution is -2.50. The summed E-state index contributed by atoms with van der Waals surface area (Å²) in [6, 6.07) is 5.37. The van der Waals surface area contributed by atoms with E-state index in [0.29, 0.717) is 29.6 Å². The Morgan fingerprint density at radius 1 is 1.38 bits per heavy atom. The summed E-state index contributed by atoms with van der Waals surface area (Å²) < 4.78 is 5.15. The van der Waals surface area contributed by atoms with Gasteiger partial charge in [-0.15, -0.1) is 11.8 Å². The molecule has 0 saturated carbocycles. The zero-order valence-corrected chi connectivity index (χ0v) is 14.9. The number of halogens is 2. The fourth-order valence-corrected chi connectivity index (χ4v) is 3.56. The highest BCUT2D eigenvalue weighted by molar-refractivity contribution is 7.99. The lowest BCUT2D eigenvalue weighted by molar-refractivity contribution is -0.150. The van der Waals surface area contributed by atoms with Crippen molar-refractivity contribution in [1.82, 2.24) is 5.32 Å². The Balaban J connectivity index is 2.65. The topological polar surface area (TPSA) is 38.3 Å². The van der Waals surface area contributed by atoms with E-state index in [4.69, 9.17) is 27.9 Å². The maximum Gasteiger partial charge on any atom is 0.326 e. The molecule has 0 aliphatic rings. The van der Waals surface area contributed by atoms with E-state index in [1.165, 1.54) is 0 Å². The minimum absolute atomic E-state index is 0.218. The van der Waals surface area contributed by atoms with Crippen molar-refractivity contribution < 1.29 is 9.53 Å². The quantitative estimate of drug-likeness (QED) is 0.557. The molecule has 0 aliphatic carbocycles. The number of ether oxygens (including phenoxy) is 1. The third-order valence-corrected chi connectivity index (χ3v) is 4.78. The molecule has 1 atom stereocenters. The van der Waals surface area contributed by atoms with Gasteiger partial charge in [-0.25, -0.2) is 0 Å². The second-order valence-electron chi connectivity index (χ2n) is 4.76. The van der Waals surface area contributed by atoms with Gasteiger partial charge in [0.2, 0.25) is 0 Å². The van der Waals surface area contributed by atoms with Crippen LogP contribution in [0.2, 0.25) is 10.0 Å². The number of carbonyl (C=O) groups excluding carboxylic acids is 1. The largest absolute Gasteiger partial charge is 0.465 e. The van der Waals surface area contributed by atoms with Crippen molar-refractivity contribution >= 4 is 40.9 Å². The van der Waals surface area contributed by atoms with Gasteiger partial charge < -0.3 is 10.1 Å². The van der Waals surface area contributed by atoms with E-state index in [9.17, 15) is 4.79 Å². The molecule has 0 radical (unpaired) electrons. The predicted molar refractivity (Wildman–Crippen MR) is 90.5 cm³/mol. The highest BCUT2D eigenvalue weighted by Crippen LogP contribution is 2.31. The Kier molecular flexibility index (Phi) is 7.88. The molecule has 1 N–H and O–H groups in total. The maximum atomic E-state index is 12.1. The van der Waals surface area contributed by atoms with Crippen molar-refractivity contribution in [3.8, 4) is 0 Å². The Hall–Kier alpha value is -0.420. The maximum absolute atomic E-state index is 12.1. The van der Waals surface area contributed by atoms with Crippen LogP contribution in [0.25, 0.3) is 0 Å². The number of hydrogen-bond donors (Lipinski definition) is 1. The van der Waals surface area contributed by atoms with Gasteiger partial charge in [0.25, 0.3) is 0 Å². The molecule has 6 heteroatoms. The van der Waals surface area contributed by atoms with Crippen molar-refractivity contribution in [1.29, 1.82) is 0 Å². The van der Waals surface area contributed by atoms with Crippen LogP contribution in [0, 0.1) is 0 Å². The number of rotatable bonds is 8. The number of hydrogen-bond acceptors (Lipinski definition) is 4. The zero-order chi connectivity index (χ0) is 15.9. The van der Waals surface area contributed by atoms with Gasteiger partial charge in [0.05, 0.1) is 11.6 Å². The number of esters is 1. The molecule has 21 heavy (non-hydrogen) atoms. The molecule has 1 rings (SSSR count). The molecule has 0 aromatic heterocycles. The zero-order valence-electron chi connectivity index (χ0n) is 12.5. The van der Waals surface area contributed by atoms with Crippen molar-refractivity contribution in [3.63, 3.8) is 0 Å². The van der Waals surface area contributed by atoms with Crippen LogP contribution < -0.4 is 5.32 Å². The van der Waals surface area contributed by atoms with Gasteiger partial charge in [-0.05, 0) is 45.0 Å². The van der Waals surface area contributed by atoms with Crippen molar-refractivity contribution in [3.05, 3.63) is 28.2 Å². The van der Waals surface area contributed by atoms with Crippen LogP contribution in [0.1, 0.15) is 27.2 Å². The standard InChI is InChI=1S/C15H21Cl2NO2S/c1-4-18-15(3,14(19)20-5-2)8-9-21-13-10-11(16)6-7-12(13)17/h6-7,10,18H,4-5,8-9H2,1-3H3. The molecule has 0 amide bonds. The summed E-state index contributed by atoms with van der Waals surface area (Å²) >= 11 is 13.7.